The summed E-state index contributed by atoms with van der Waals surface area (Å²) < 4.78 is 0. The van der Waals surface area contributed by atoms with Crippen LogP contribution in [0.5, 0.6) is 0 Å². The number of nitrogens with two attached hydrogens (primary N) is 1. The fourth-order valence-electron chi connectivity index (χ4n) is 2.76. The number of carbonyl (C=O) groups is 3. The van der Waals surface area contributed by atoms with E-state index >= 15 is 0 Å². The van der Waals surface area contributed by atoms with Gasteiger partial charge in [0.15, 0.2) is 0 Å². The molecule has 1 atom stereocenters. The van der Waals surface area contributed by atoms with Crippen molar-refractivity contribution in [3.8, 4) is 0 Å². The lowest BCUT2D eigenvalue weighted by Crippen LogP contribution is -2.45. The van der Waals surface area contributed by atoms with Crippen molar-refractivity contribution in [1.29, 1.82) is 0 Å². The lowest BCUT2D eigenvalue weighted by Gasteiger charge is -2.20. The lowest BCUT2D eigenvalue weighted by molar-refractivity contribution is -0.120. The maximum Gasteiger partial charge on any atom is 0.406 e. The molecule has 1 heterocycles. The Morgan fingerprint density at radius 3 is 2.42 bits per heavy atom. The number of nitrogens with zero attached hydrogens (tertiary/aromatic N) is 2. The summed E-state index contributed by atoms with van der Waals surface area (Å²) in [5.74, 6) is -1.05. The van der Waals surface area contributed by atoms with Crippen LogP contribution >= 0.6 is 0 Å². The number of nitrogens with one attached hydrogen (secondary N) is 1. The van der Waals surface area contributed by atoms with Crippen LogP contribution in [-0.4, -0.2) is 41.9 Å². The topological polar surface area (TPSA) is 125 Å². The van der Waals surface area contributed by atoms with E-state index in [9.17, 15) is 14.4 Å². The summed E-state index contributed by atoms with van der Waals surface area (Å²) in [5.41, 5.74) is 7.94. The Kier molecular flexibility index (Phi) is 4.40. The fourth-order valence-corrected chi connectivity index (χ4v) is 2.76. The average Bonchev–Trinajstić information content (AvgIpc) is 2.72. The van der Waals surface area contributed by atoms with Gasteiger partial charge in [-0.1, -0.05) is 30.3 Å². The van der Waals surface area contributed by atoms with Crippen LogP contribution in [0.3, 0.4) is 0 Å². The zero-order valence-electron chi connectivity index (χ0n) is 13.8. The molecule has 3 rings (SSSR count). The van der Waals surface area contributed by atoms with E-state index in [-0.39, 0.29) is 0 Å². The molecular weight excluding hydrogens is 336 g/mol. The molecule has 2 aromatic carbocycles. The van der Waals surface area contributed by atoms with Crippen molar-refractivity contribution in [2.24, 2.45) is 10.7 Å². The minimum Gasteiger partial charge on any atom is -0.465 e. The van der Waals surface area contributed by atoms with Gasteiger partial charge in [0, 0.05) is 23.7 Å². The number of benzene rings is 2. The van der Waals surface area contributed by atoms with Crippen molar-refractivity contribution in [2.45, 2.75) is 6.17 Å². The molecule has 0 aromatic heterocycles. The Morgan fingerprint density at radius 2 is 1.81 bits per heavy atom. The van der Waals surface area contributed by atoms with E-state index in [1.54, 1.807) is 55.6 Å². The minimum absolute atomic E-state index is 0.338. The van der Waals surface area contributed by atoms with Crippen LogP contribution in [0.25, 0.3) is 0 Å². The van der Waals surface area contributed by atoms with Crippen LogP contribution in [0.4, 0.5) is 10.5 Å². The third kappa shape index (κ3) is 3.12. The molecule has 8 heteroatoms. The molecule has 4 N–H and O–H groups in total. The van der Waals surface area contributed by atoms with Gasteiger partial charge in [0.1, 0.15) is 0 Å². The van der Waals surface area contributed by atoms with Crippen molar-refractivity contribution in [3.63, 3.8) is 0 Å². The summed E-state index contributed by atoms with van der Waals surface area (Å²) in [5, 5.41) is 11.2. The zero-order chi connectivity index (χ0) is 18.8. The number of benzodiazepines with no additional fused rings is 1. The molecule has 26 heavy (non-hydrogen) atoms. The van der Waals surface area contributed by atoms with Gasteiger partial charge >= 0.3 is 6.09 Å². The molecule has 2 aromatic rings. The highest BCUT2D eigenvalue weighted by Crippen LogP contribution is 2.27. The number of primary amides is 1. The molecule has 0 saturated carbocycles. The standard InChI is InChI=1S/C18H16N4O4/c1-22-13-5-3-2-4-12(13)14(20-16(17(22)24)21-18(25)26)10-6-8-11(9-7-10)15(19)23/h2-9,16,21H,1H3,(H2,19,23)(H,25,26). The van der Waals surface area contributed by atoms with E-state index in [4.69, 9.17) is 10.8 Å². The molecular formula is C18H16N4O4. The van der Waals surface area contributed by atoms with Crippen LogP contribution < -0.4 is 16.0 Å². The van der Waals surface area contributed by atoms with E-state index in [0.29, 0.717) is 28.1 Å². The summed E-state index contributed by atoms with van der Waals surface area (Å²) >= 11 is 0. The van der Waals surface area contributed by atoms with Gasteiger partial charge in [-0.2, -0.15) is 0 Å². The highest BCUT2D eigenvalue weighted by atomic mass is 16.4. The molecule has 132 valence electrons. The van der Waals surface area contributed by atoms with E-state index in [1.807, 2.05) is 0 Å². The van der Waals surface area contributed by atoms with E-state index in [2.05, 4.69) is 10.3 Å². The molecule has 0 fully saturated rings. The molecule has 0 aliphatic carbocycles. The summed E-state index contributed by atoms with van der Waals surface area (Å²) in [6, 6.07) is 13.5. The number of hydrogen-bond acceptors (Lipinski definition) is 4. The van der Waals surface area contributed by atoms with Gasteiger partial charge in [0.2, 0.25) is 12.1 Å². The van der Waals surface area contributed by atoms with Gasteiger partial charge < -0.3 is 15.7 Å². The molecule has 8 nitrogen and oxygen atoms in total. The van der Waals surface area contributed by atoms with E-state index < -0.39 is 24.1 Å². The number of para-hydroxylation sites is 1. The summed E-state index contributed by atoms with van der Waals surface area (Å²) in [4.78, 5) is 40.6. The quantitative estimate of drug-likeness (QED) is 0.767. The Bertz CT molecular complexity index is 921. The first-order chi connectivity index (χ1) is 12.4. The predicted octanol–water partition coefficient (Wildman–Crippen LogP) is 1.19. The van der Waals surface area contributed by atoms with Crippen LogP contribution in [-0.2, 0) is 4.79 Å². The van der Waals surface area contributed by atoms with Gasteiger partial charge in [-0.05, 0) is 18.2 Å². The number of likely N-dealkylation sites (N-methyl/N-ethyl adjacent to an activating group) is 1. The first-order valence-corrected chi connectivity index (χ1v) is 7.73. The Labute approximate surface area is 148 Å². The third-order valence-corrected chi connectivity index (χ3v) is 4.05. The molecule has 0 radical (unpaired) electrons. The zero-order valence-corrected chi connectivity index (χ0v) is 13.8. The average molecular weight is 352 g/mol. The highest BCUT2D eigenvalue weighted by Gasteiger charge is 2.30. The largest absolute Gasteiger partial charge is 0.465 e. The van der Waals surface area contributed by atoms with Gasteiger partial charge in [0.05, 0.1) is 11.4 Å². The molecule has 1 aliphatic rings. The normalized spacial score (nSPS) is 16.3. The predicted molar refractivity (Wildman–Crippen MR) is 95.4 cm³/mol. The molecule has 1 unspecified atom stereocenters. The molecule has 0 spiro atoms. The smallest absolute Gasteiger partial charge is 0.406 e. The van der Waals surface area contributed by atoms with Crippen molar-refractivity contribution >= 4 is 29.3 Å². The van der Waals surface area contributed by atoms with Gasteiger partial charge in [-0.3, -0.25) is 14.9 Å². The molecule has 0 bridgehead atoms. The monoisotopic (exact) mass is 352 g/mol. The second-order valence-electron chi connectivity index (χ2n) is 5.69. The summed E-state index contributed by atoms with van der Waals surface area (Å²) in [6.07, 6.45) is -2.63. The van der Waals surface area contributed by atoms with Gasteiger partial charge in [0.25, 0.3) is 5.91 Å². The van der Waals surface area contributed by atoms with Crippen molar-refractivity contribution < 1.29 is 19.5 Å². The summed E-state index contributed by atoms with van der Waals surface area (Å²) in [7, 11) is 1.56. The number of carbonyl (C=O) groups excluding carboxylic acids is 2. The minimum atomic E-state index is -1.35. The molecule has 0 saturated heterocycles. The SMILES string of the molecule is CN1C(=O)C(NC(=O)O)N=C(c2ccc(C(N)=O)cc2)c2ccccc21. The number of carboxylic acid groups (broad SMARTS) is 1. The van der Waals surface area contributed by atoms with Crippen molar-refractivity contribution in [1.82, 2.24) is 5.32 Å². The Hall–Kier alpha value is -3.68. The second kappa shape index (κ2) is 6.67. The van der Waals surface area contributed by atoms with Gasteiger partial charge in [-0.25, -0.2) is 9.79 Å². The van der Waals surface area contributed by atoms with Crippen molar-refractivity contribution in [3.05, 3.63) is 65.2 Å². The second-order valence-corrected chi connectivity index (χ2v) is 5.69. The number of rotatable bonds is 3. The maximum atomic E-state index is 12.6. The number of fused-ring (bicyclic) bond motifs is 1. The van der Waals surface area contributed by atoms with Crippen LogP contribution in [0, 0.1) is 0 Å². The van der Waals surface area contributed by atoms with Crippen LogP contribution in [0.15, 0.2) is 53.5 Å². The molecule has 3 amide bonds. The molecule has 1 aliphatic heterocycles. The Balaban J connectivity index is 2.17. The summed E-state index contributed by atoms with van der Waals surface area (Å²) in [6.45, 7) is 0. The van der Waals surface area contributed by atoms with Crippen LogP contribution in [0.2, 0.25) is 0 Å². The Morgan fingerprint density at radius 1 is 1.15 bits per heavy atom. The van der Waals surface area contributed by atoms with Crippen molar-refractivity contribution in [2.75, 3.05) is 11.9 Å². The highest BCUT2D eigenvalue weighted by molar-refractivity contribution is 6.20. The van der Waals surface area contributed by atoms with E-state index in [1.165, 1.54) is 4.90 Å². The first kappa shape index (κ1) is 17.2. The van der Waals surface area contributed by atoms with Crippen LogP contribution in [0.1, 0.15) is 21.5 Å². The third-order valence-electron chi connectivity index (χ3n) is 4.05. The van der Waals surface area contributed by atoms with E-state index in [0.717, 1.165) is 0 Å². The van der Waals surface area contributed by atoms with Gasteiger partial charge in [-0.15, -0.1) is 0 Å². The number of hydrogen-bond donors (Lipinski definition) is 3. The maximum absolute atomic E-state index is 12.6. The fraction of sp³-hybridized carbons (Fsp3) is 0.111. The number of amides is 3. The lowest BCUT2D eigenvalue weighted by atomic mass is 9.99. The first-order valence-electron chi connectivity index (χ1n) is 7.73. The number of anilines is 1. The number of aliphatic imine (C=N–C) groups is 1.